The van der Waals surface area contributed by atoms with Gasteiger partial charge in [0.1, 0.15) is 6.17 Å². The van der Waals surface area contributed by atoms with Crippen molar-refractivity contribution >= 4 is 5.91 Å². The highest BCUT2D eigenvalue weighted by Gasteiger charge is 2.47. The standard InChI is InChI=1S/C28H47FN2O2/c29-24-12-10-20(11-13-24)19-31-25-9-5-4-8-23(25)18-26(31)28(33)30-16-14-22(15-17-30)27(32)21-6-2-1-3-7-21/h20-27,32H,1-19H2. The van der Waals surface area contributed by atoms with Gasteiger partial charge in [-0.15, -0.1) is 0 Å². The Kier molecular flexibility index (Phi) is 7.96. The lowest BCUT2D eigenvalue weighted by Gasteiger charge is -2.41. The fourth-order valence-electron chi connectivity index (χ4n) is 8.19. The van der Waals surface area contributed by atoms with Gasteiger partial charge in [0.2, 0.25) is 5.91 Å². The molecule has 3 saturated carbocycles. The maximum Gasteiger partial charge on any atom is 0.239 e. The van der Waals surface area contributed by atoms with Gasteiger partial charge in [-0.1, -0.05) is 32.1 Å². The average Bonchev–Trinajstić information content (AvgIpc) is 3.23. The van der Waals surface area contributed by atoms with Gasteiger partial charge in [0.15, 0.2) is 0 Å². The summed E-state index contributed by atoms with van der Waals surface area (Å²) in [5.41, 5.74) is 0. The van der Waals surface area contributed by atoms with Crippen LogP contribution in [0.2, 0.25) is 0 Å². The normalized spacial score (nSPS) is 38.2. The molecule has 188 valence electrons. The first-order chi connectivity index (χ1) is 16.1. The fourth-order valence-corrected chi connectivity index (χ4v) is 8.19. The van der Waals surface area contributed by atoms with Gasteiger partial charge in [0, 0.05) is 25.7 Å². The number of hydrogen-bond acceptors (Lipinski definition) is 3. The van der Waals surface area contributed by atoms with Crippen LogP contribution in [-0.2, 0) is 4.79 Å². The average molecular weight is 463 g/mol. The van der Waals surface area contributed by atoms with E-state index in [-0.39, 0.29) is 12.1 Å². The van der Waals surface area contributed by atoms with Gasteiger partial charge < -0.3 is 10.0 Å². The van der Waals surface area contributed by atoms with E-state index in [9.17, 15) is 14.3 Å². The fraction of sp³-hybridized carbons (Fsp3) is 0.964. The van der Waals surface area contributed by atoms with E-state index >= 15 is 0 Å². The van der Waals surface area contributed by atoms with Crippen LogP contribution in [0, 0.1) is 23.7 Å². The summed E-state index contributed by atoms with van der Waals surface area (Å²) in [6.07, 6.45) is 16.9. The van der Waals surface area contributed by atoms with Gasteiger partial charge in [-0.3, -0.25) is 9.69 Å². The van der Waals surface area contributed by atoms with Crippen LogP contribution >= 0.6 is 0 Å². The predicted octanol–water partition coefficient (Wildman–Crippen LogP) is 5.33. The molecule has 4 atom stereocenters. The van der Waals surface area contributed by atoms with Crippen LogP contribution in [0.5, 0.6) is 0 Å². The van der Waals surface area contributed by atoms with Gasteiger partial charge in [-0.2, -0.15) is 0 Å². The smallest absolute Gasteiger partial charge is 0.239 e. The van der Waals surface area contributed by atoms with Crippen LogP contribution in [0.1, 0.15) is 103 Å². The van der Waals surface area contributed by atoms with Crippen molar-refractivity contribution in [3.8, 4) is 0 Å². The second-order valence-corrected chi connectivity index (χ2v) is 12.2. The molecule has 5 rings (SSSR count). The number of alkyl halides is 1. The minimum absolute atomic E-state index is 0.0426. The van der Waals surface area contributed by atoms with Crippen molar-refractivity contribution in [1.82, 2.24) is 9.80 Å². The van der Waals surface area contributed by atoms with Gasteiger partial charge in [0.05, 0.1) is 12.1 Å². The number of aliphatic hydroxyl groups excluding tert-OH is 1. The molecular formula is C28H47FN2O2. The first-order valence-corrected chi connectivity index (χ1v) is 14.5. The first-order valence-electron chi connectivity index (χ1n) is 14.5. The molecule has 5 heteroatoms. The first kappa shape index (κ1) is 24.0. The van der Waals surface area contributed by atoms with Crippen molar-refractivity contribution in [3.63, 3.8) is 0 Å². The molecule has 5 fully saturated rings. The predicted molar refractivity (Wildman–Crippen MR) is 130 cm³/mol. The molecular weight excluding hydrogens is 415 g/mol. The lowest BCUT2D eigenvalue weighted by Crippen LogP contribution is -2.52. The summed E-state index contributed by atoms with van der Waals surface area (Å²) in [6, 6.07) is 0.613. The van der Waals surface area contributed by atoms with Crippen molar-refractivity contribution < 1.29 is 14.3 Å². The molecule has 2 heterocycles. The van der Waals surface area contributed by atoms with E-state index in [1.807, 2.05) is 0 Å². The second kappa shape index (κ2) is 10.9. The third kappa shape index (κ3) is 5.44. The summed E-state index contributed by atoms with van der Waals surface area (Å²) in [4.78, 5) is 18.5. The molecule has 0 radical (unpaired) electrons. The molecule has 3 aliphatic carbocycles. The van der Waals surface area contributed by atoms with E-state index in [0.29, 0.717) is 48.5 Å². The maximum atomic E-state index is 13.8. The Balaban J connectivity index is 1.19. The Morgan fingerprint density at radius 3 is 2.18 bits per heavy atom. The zero-order valence-corrected chi connectivity index (χ0v) is 20.7. The highest BCUT2D eigenvalue weighted by molar-refractivity contribution is 5.82. The van der Waals surface area contributed by atoms with Crippen molar-refractivity contribution in [2.45, 2.75) is 127 Å². The Labute approximate surface area is 200 Å². The maximum absolute atomic E-state index is 13.8. The molecule has 4 nitrogen and oxygen atoms in total. The number of fused-ring (bicyclic) bond motifs is 1. The summed E-state index contributed by atoms with van der Waals surface area (Å²) in [5, 5.41) is 11.0. The molecule has 1 N–H and O–H groups in total. The van der Waals surface area contributed by atoms with Crippen LogP contribution in [0.3, 0.4) is 0 Å². The number of rotatable bonds is 5. The molecule has 1 amide bonds. The Morgan fingerprint density at radius 2 is 1.45 bits per heavy atom. The molecule has 5 aliphatic rings. The zero-order chi connectivity index (χ0) is 22.8. The quantitative estimate of drug-likeness (QED) is 0.601. The van der Waals surface area contributed by atoms with E-state index in [1.54, 1.807) is 0 Å². The number of carbonyl (C=O) groups is 1. The zero-order valence-electron chi connectivity index (χ0n) is 20.7. The van der Waals surface area contributed by atoms with Crippen LogP contribution in [0.25, 0.3) is 0 Å². The third-order valence-corrected chi connectivity index (χ3v) is 10.2. The Bertz CT molecular complexity index is 638. The summed E-state index contributed by atoms with van der Waals surface area (Å²) in [7, 11) is 0. The number of amides is 1. The van der Waals surface area contributed by atoms with E-state index < -0.39 is 6.17 Å². The molecule has 0 bridgehead atoms. The van der Waals surface area contributed by atoms with E-state index in [4.69, 9.17) is 0 Å². The molecule has 2 saturated heterocycles. The van der Waals surface area contributed by atoms with Crippen LogP contribution < -0.4 is 0 Å². The molecule has 2 aliphatic heterocycles. The molecule has 33 heavy (non-hydrogen) atoms. The SMILES string of the molecule is O=C(C1CC2CCCCC2N1CC1CCC(F)CC1)N1CCC(C(O)C2CCCCC2)CC1. The molecule has 0 aromatic rings. The van der Waals surface area contributed by atoms with Crippen molar-refractivity contribution in [2.24, 2.45) is 23.7 Å². The van der Waals surface area contributed by atoms with Crippen LogP contribution in [0.15, 0.2) is 0 Å². The number of carbonyl (C=O) groups excluding carboxylic acids is 1. The highest BCUT2D eigenvalue weighted by Crippen LogP contribution is 2.42. The monoisotopic (exact) mass is 462 g/mol. The number of piperidine rings is 1. The third-order valence-electron chi connectivity index (χ3n) is 10.2. The largest absolute Gasteiger partial charge is 0.393 e. The highest BCUT2D eigenvalue weighted by atomic mass is 19.1. The van der Waals surface area contributed by atoms with Crippen LogP contribution in [0.4, 0.5) is 4.39 Å². The number of aliphatic hydroxyl groups is 1. The van der Waals surface area contributed by atoms with E-state index in [0.717, 1.165) is 51.7 Å². The second-order valence-electron chi connectivity index (χ2n) is 12.2. The molecule has 0 spiro atoms. The molecule has 0 aromatic heterocycles. The van der Waals surface area contributed by atoms with Crippen LogP contribution in [-0.4, -0.2) is 64.8 Å². The molecule has 0 aromatic carbocycles. The summed E-state index contributed by atoms with van der Waals surface area (Å²) >= 11 is 0. The molecule has 4 unspecified atom stereocenters. The summed E-state index contributed by atoms with van der Waals surface area (Å²) < 4.78 is 13.7. The number of hydrogen-bond donors (Lipinski definition) is 1. The minimum atomic E-state index is -0.607. The number of halogens is 1. The Morgan fingerprint density at radius 1 is 0.818 bits per heavy atom. The van der Waals surface area contributed by atoms with Crippen molar-refractivity contribution in [3.05, 3.63) is 0 Å². The Hall–Kier alpha value is -0.680. The topological polar surface area (TPSA) is 43.8 Å². The summed E-state index contributed by atoms with van der Waals surface area (Å²) in [5.74, 6) is 2.45. The minimum Gasteiger partial charge on any atom is -0.393 e. The van der Waals surface area contributed by atoms with Gasteiger partial charge in [0.25, 0.3) is 0 Å². The number of nitrogens with zero attached hydrogens (tertiary/aromatic N) is 2. The lowest BCUT2D eigenvalue weighted by atomic mass is 9.77. The number of likely N-dealkylation sites (tertiary alicyclic amines) is 2. The van der Waals surface area contributed by atoms with E-state index in [1.165, 1.54) is 57.8 Å². The lowest BCUT2D eigenvalue weighted by molar-refractivity contribution is -0.139. The van der Waals surface area contributed by atoms with Gasteiger partial charge >= 0.3 is 0 Å². The van der Waals surface area contributed by atoms with E-state index in [2.05, 4.69) is 9.80 Å². The van der Waals surface area contributed by atoms with Gasteiger partial charge in [-0.25, -0.2) is 4.39 Å². The summed E-state index contributed by atoms with van der Waals surface area (Å²) in [6.45, 7) is 2.64. The van der Waals surface area contributed by atoms with Crippen molar-refractivity contribution in [1.29, 1.82) is 0 Å². The van der Waals surface area contributed by atoms with Gasteiger partial charge in [-0.05, 0) is 94.3 Å². The van der Waals surface area contributed by atoms with Crippen molar-refractivity contribution in [2.75, 3.05) is 19.6 Å².